The Hall–Kier alpha value is -1.35. The van der Waals surface area contributed by atoms with Crippen LogP contribution in [0.1, 0.15) is 62.6 Å². The van der Waals surface area contributed by atoms with Crippen LogP contribution in [0.4, 0.5) is 0 Å². The van der Waals surface area contributed by atoms with Crippen LogP contribution < -0.4 is 5.32 Å². The summed E-state index contributed by atoms with van der Waals surface area (Å²) in [6.45, 7) is 6.94. The number of hydrogen-bond acceptors (Lipinski definition) is 2. The van der Waals surface area contributed by atoms with E-state index in [0.29, 0.717) is 12.0 Å². The summed E-state index contributed by atoms with van der Waals surface area (Å²) < 4.78 is 0. The Bertz CT molecular complexity index is 512. The summed E-state index contributed by atoms with van der Waals surface area (Å²) in [7, 11) is 0. The van der Waals surface area contributed by atoms with Crippen LogP contribution in [-0.4, -0.2) is 30.4 Å². The lowest BCUT2D eigenvalue weighted by Gasteiger charge is -2.32. The van der Waals surface area contributed by atoms with Crippen LogP contribution >= 0.6 is 0 Å². The predicted molar refractivity (Wildman–Crippen MR) is 89.8 cm³/mol. The highest BCUT2D eigenvalue weighted by atomic mass is 16.2. The molecule has 2 saturated heterocycles. The van der Waals surface area contributed by atoms with E-state index < -0.39 is 0 Å². The zero-order valence-corrected chi connectivity index (χ0v) is 13.8. The molecule has 2 atom stereocenters. The van der Waals surface area contributed by atoms with Crippen LogP contribution in [0.2, 0.25) is 0 Å². The highest BCUT2D eigenvalue weighted by Gasteiger charge is 2.23. The second-order valence-corrected chi connectivity index (χ2v) is 7.09. The van der Waals surface area contributed by atoms with E-state index in [2.05, 4.69) is 36.5 Å². The summed E-state index contributed by atoms with van der Waals surface area (Å²) in [6.07, 6.45) is 4.75. The van der Waals surface area contributed by atoms with Gasteiger partial charge in [0.1, 0.15) is 0 Å². The topological polar surface area (TPSA) is 32.3 Å². The molecule has 0 bridgehead atoms. The van der Waals surface area contributed by atoms with E-state index in [4.69, 9.17) is 0 Å². The molecule has 3 rings (SSSR count). The molecule has 1 aromatic rings. The number of nitrogens with zero attached hydrogens (tertiary/aromatic N) is 1. The molecular weight excluding hydrogens is 272 g/mol. The Labute approximate surface area is 134 Å². The largest absolute Gasteiger partial charge is 0.343 e. The molecule has 3 nitrogen and oxygen atoms in total. The van der Waals surface area contributed by atoms with Crippen molar-refractivity contribution in [2.75, 3.05) is 19.6 Å². The fourth-order valence-electron chi connectivity index (χ4n) is 3.84. The van der Waals surface area contributed by atoms with Crippen molar-refractivity contribution >= 4 is 5.91 Å². The quantitative estimate of drug-likeness (QED) is 0.907. The fourth-order valence-corrected chi connectivity index (χ4v) is 3.84. The van der Waals surface area contributed by atoms with Crippen LogP contribution in [0.15, 0.2) is 24.3 Å². The number of benzene rings is 1. The van der Waals surface area contributed by atoms with Crippen LogP contribution in [0, 0.1) is 5.92 Å². The second kappa shape index (κ2) is 6.82. The van der Waals surface area contributed by atoms with Crippen LogP contribution in [0.25, 0.3) is 0 Å². The Kier molecular flexibility index (Phi) is 4.82. The van der Waals surface area contributed by atoms with Gasteiger partial charge >= 0.3 is 0 Å². The third-order valence-corrected chi connectivity index (χ3v) is 5.39. The minimum Gasteiger partial charge on any atom is -0.343 e. The van der Waals surface area contributed by atoms with E-state index >= 15 is 0 Å². The first-order valence-electron chi connectivity index (χ1n) is 8.72. The van der Waals surface area contributed by atoms with Crippen molar-refractivity contribution in [1.82, 2.24) is 10.2 Å². The number of rotatable bonds is 2. The Balaban J connectivity index is 1.66. The molecule has 2 heterocycles. The Morgan fingerprint density at radius 1 is 1.14 bits per heavy atom. The third kappa shape index (κ3) is 3.52. The van der Waals surface area contributed by atoms with E-state index in [1.165, 1.54) is 24.0 Å². The monoisotopic (exact) mass is 300 g/mol. The standard InChI is InChI=1S/C19H28N2O/c1-14-6-7-19(20-13-14)18-5-3-4-17(12-18)16-8-10-21(11-9-16)15(2)22/h3-5,12,14,16,19-20H,6-11,13H2,1-2H3. The SMILES string of the molecule is CC(=O)N1CCC(c2cccc(C3CCC(C)CN3)c2)CC1. The van der Waals surface area contributed by atoms with Gasteiger partial charge in [-0.25, -0.2) is 0 Å². The van der Waals surface area contributed by atoms with Crippen molar-refractivity contribution in [2.24, 2.45) is 5.92 Å². The van der Waals surface area contributed by atoms with Crippen molar-refractivity contribution in [3.63, 3.8) is 0 Å². The number of likely N-dealkylation sites (tertiary alicyclic amines) is 1. The molecule has 22 heavy (non-hydrogen) atoms. The molecule has 3 heteroatoms. The zero-order chi connectivity index (χ0) is 15.5. The molecule has 2 unspecified atom stereocenters. The summed E-state index contributed by atoms with van der Waals surface area (Å²) >= 11 is 0. The molecule has 2 fully saturated rings. The lowest BCUT2D eigenvalue weighted by molar-refractivity contribution is -0.129. The maximum absolute atomic E-state index is 11.4. The molecule has 1 N–H and O–H groups in total. The Morgan fingerprint density at radius 3 is 2.50 bits per heavy atom. The summed E-state index contributed by atoms with van der Waals surface area (Å²) in [6, 6.07) is 9.67. The van der Waals surface area contributed by atoms with Gasteiger partial charge in [0.2, 0.25) is 5.91 Å². The van der Waals surface area contributed by atoms with Crippen molar-refractivity contribution in [1.29, 1.82) is 0 Å². The highest BCUT2D eigenvalue weighted by molar-refractivity contribution is 5.73. The smallest absolute Gasteiger partial charge is 0.219 e. The summed E-state index contributed by atoms with van der Waals surface area (Å²) in [5, 5.41) is 3.68. The predicted octanol–water partition coefficient (Wildman–Crippen LogP) is 3.47. The highest BCUT2D eigenvalue weighted by Crippen LogP contribution is 2.31. The number of hydrogen-bond donors (Lipinski definition) is 1. The van der Waals surface area contributed by atoms with E-state index in [-0.39, 0.29) is 5.91 Å². The van der Waals surface area contributed by atoms with Crippen LogP contribution in [0.3, 0.4) is 0 Å². The minimum absolute atomic E-state index is 0.215. The molecule has 0 aromatic heterocycles. The second-order valence-electron chi connectivity index (χ2n) is 7.09. The van der Waals surface area contributed by atoms with Gasteiger partial charge in [-0.05, 0) is 55.2 Å². The molecule has 120 valence electrons. The van der Waals surface area contributed by atoms with Crippen molar-refractivity contribution in [2.45, 2.75) is 51.5 Å². The average molecular weight is 300 g/mol. The summed E-state index contributed by atoms with van der Waals surface area (Å²) in [5.41, 5.74) is 2.90. The van der Waals surface area contributed by atoms with Gasteiger partial charge in [-0.2, -0.15) is 0 Å². The fraction of sp³-hybridized carbons (Fsp3) is 0.632. The Morgan fingerprint density at radius 2 is 1.86 bits per heavy atom. The maximum atomic E-state index is 11.4. The molecule has 2 aliphatic rings. The van der Waals surface area contributed by atoms with Gasteiger partial charge in [0, 0.05) is 26.1 Å². The van der Waals surface area contributed by atoms with Crippen LogP contribution in [0.5, 0.6) is 0 Å². The van der Waals surface area contributed by atoms with Gasteiger partial charge in [-0.15, -0.1) is 0 Å². The van der Waals surface area contributed by atoms with Crippen molar-refractivity contribution in [3.8, 4) is 0 Å². The van der Waals surface area contributed by atoms with E-state index in [1.807, 2.05) is 4.90 Å². The maximum Gasteiger partial charge on any atom is 0.219 e. The normalized spacial score (nSPS) is 26.9. The lowest BCUT2D eigenvalue weighted by Crippen LogP contribution is -2.36. The van der Waals surface area contributed by atoms with Gasteiger partial charge in [-0.1, -0.05) is 31.2 Å². The van der Waals surface area contributed by atoms with Crippen molar-refractivity contribution in [3.05, 3.63) is 35.4 Å². The molecule has 0 saturated carbocycles. The molecule has 0 radical (unpaired) electrons. The van der Waals surface area contributed by atoms with E-state index in [9.17, 15) is 4.79 Å². The first-order chi connectivity index (χ1) is 10.6. The van der Waals surface area contributed by atoms with Gasteiger partial charge < -0.3 is 10.2 Å². The first-order valence-corrected chi connectivity index (χ1v) is 8.72. The van der Waals surface area contributed by atoms with Gasteiger partial charge in [0.05, 0.1) is 0 Å². The van der Waals surface area contributed by atoms with Crippen molar-refractivity contribution < 1.29 is 4.79 Å². The molecule has 0 aliphatic carbocycles. The molecule has 2 aliphatic heterocycles. The minimum atomic E-state index is 0.215. The number of carbonyl (C=O) groups is 1. The summed E-state index contributed by atoms with van der Waals surface area (Å²) in [5.74, 6) is 1.63. The third-order valence-electron chi connectivity index (χ3n) is 5.39. The molecule has 1 amide bonds. The molecule has 0 spiro atoms. The van der Waals surface area contributed by atoms with Gasteiger partial charge in [0.25, 0.3) is 0 Å². The van der Waals surface area contributed by atoms with E-state index in [0.717, 1.165) is 38.4 Å². The van der Waals surface area contributed by atoms with E-state index in [1.54, 1.807) is 6.92 Å². The molecular formula is C19H28N2O. The lowest BCUT2D eigenvalue weighted by atomic mass is 9.86. The van der Waals surface area contributed by atoms with Gasteiger partial charge in [-0.3, -0.25) is 4.79 Å². The van der Waals surface area contributed by atoms with Gasteiger partial charge in [0.15, 0.2) is 0 Å². The number of carbonyl (C=O) groups excluding carboxylic acids is 1. The van der Waals surface area contributed by atoms with Crippen LogP contribution in [-0.2, 0) is 4.79 Å². The average Bonchev–Trinajstić information content (AvgIpc) is 2.56. The number of nitrogens with one attached hydrogen (secondary N) is 1. The summed E-state index contributed by atoms with van der Waals surface area (Å²) in [4.78, 5) is 13.4. The number of piperidine rings is 2. The molecule has 1 aromatic carbocycles. The zero-order valence-electron chi connectivity index (χ0n) is 13.8. The first kappa shape index (κ1) is 15.5. The number of amides is 1.